The zero-order valence-electron chi connectivity index (χ0n) is 18.2. The summed E-state index contributed by atoms with van der Waals surface area (Å²) < 4.78 is 2.26. The molecule has 0 radical (unpaired) electrons. The summed E-state index contributed by atoms with van der Waals surface area (Å²) in [5, 5.41) is 0. The first kappa shape index (κ1) is 22.3. The van der Waals surface area contributed by atoms with Crippen molar-refractivity contribution in [2.45, 2.75) is 46.1 Å². The van der Waals surface area contributed by atoms with E-state index >= 15 is 0 Å². The lowest BCUT2D eigenvalue weighted by Gasteiger charge is -2.32. The van der Waals surface area contributed by atoms with E-state index in [2.05, 4.69) is 0 Å². The average Bonchev–Trinajstić information content (AvgIpc) is 3.24. The standard InChI is InChI=1S/C21H33N5O4/c1-14(2)12-26-18(22)17(20(29)23(3)21(26)30)16(27)13-24-10-6-15(7-11-24)19(28)25-8-4-5-9-25/h14-15H,4-13,22H2,1-3H3. The van der Waals surface area contributed by atoms with E-state index in [1.54, 1.807) is 0 Å². The van der Waals surface area contributed by atoms with Gasteiger partial charge in [0.15, 0.2) is 5.78 Å². The number of hydrogen-bond donors (Lipinski definition) is 1. The Hall–Kier alpha value is -2.42. The van der Waals surface area contributed by atoms with Crippen molar-refractivity contribution in [2.75, 3.05) is 38.5 Å². The molecule has 3 heterocycles. The molecule has 9 nitrogen and oxygen atoms in total. The van der Waals surface area contributed by atoms with Gasteiger partial charge in [-0.25, -0.2) is 4.79 Å². The number of carbonyl (C=O) groups is 2. The fourth-order valence-corrected chi connectivity index (χ4v) is 4.40. The van der Waals surface area contributed by atoms with Gasteiger partial charge in [-0.15, -0.1) is 0 Å². The number of ketones is 1. The molecular weight excluding hydrogens is 386 g/mol. The van der Waals surface area contributed by atoms with Gasteiger partial charge in [-0.05, 0) is 44.7 Å². The molecule has 30 heavy (non-hydrogen) atoms. The molecule has 0 saturated carbocycles. The van der Waals surface area contributed by atoms with Crippen LogP contribution in [-0.4, -0.2) is 63.3 Å². The van der Waals surface area contributed by atoms with Crippen LogP contribution in [0.2, 0.25) is 0 Å². The molecule has 9 heteroatoms. The van der Waals surface area contributed by atoms with Gasteiger partial charge in [-0.2, -0.15) is 0 Å². The molecule has 0 aliphatic carbocycles. The number of hydrogen-bond acceptors (Lipinski definition) is 6. The summed E-state index contributed by atoms with van der Waals surface area (Å²) in [6.45, 7) is 7.23. The fourth-order valence-electron chi connectivity index (χ4n) is 4.40. The maximum Gasteiger partial charge on any atom is 0.332 e. The van der Waals surface area contributed by atoms with Crippen LogP contribution in [0.5, 0.6) is 0 Å². The van der Waals surface area contributed by atoms with Gasteiger partial charge in [0, 0.05) is 32.6 Å². The number of likely N-dealkylation sites (tertiary alicyclic amines) is 2. The molecule has 0 unspecified atom stereocenters. The molecule has 0 aromatic carbocycles. The molecule has 2 aliphatic rings. The first-order chi connectivity index (χ1) is 14.2. The topological polar surface area (TPSA) is 111 Å². The van der Waals surface area contributed by atoms with Crippen LogP contribution >= 0.6 is 0 Å². The molecule has 2 N–H and O–H groups in total. The number of Topliss-reactive ketones (excluding diaryl/α,β-unsaturated/α-hetero) is 1. The third-order valence-corrected chi connectivity index (χ3v) is 6.13. The molecule has 2 fully saturated rings. The first-order valence-corrected chi connectivity index (χ1v) is 10.8. The fraction of sp³-hybridized carbons (Fsp3) is 0.714. The van der Waals surface area contributed by atoms with Gasteiger partial charge in [0.1, 0.15) is 11.4 Å². The monoisotopic (exact) mass is 419 g/mol. The van der Waals surface area contributed by atoms with E-state index < -0.39 is 11.2 Å². The van der Waals surface area contributed by atoms with Crippen molar-refractivity contribution < 1.29 is 9.59 Å². The van der Waals surface area contributed by atoms with Gasteiger partial charge in [0.25, 0.3) is 5.56 Å². The van der Waals surface area contributed by atoms with E-state index in [0.29, 0.717) is 32.5 Å². The highest BCUT2D eigenvalue weighted by molar-refractivity contribution is 6.01. The summed E-state index contributed by atoms with van der Waals surface area (Å²) in [4.78, 5) is 54.5. The van der Waals surface area contributed by atoms with Gasteiger partial charge in [-0.1, -0.05) is 13.8 Å². The smallest absolute Gasteiger partial charge is 0.332 e. The average molecular weight is 420 g/mol. The van der Waals surface area contributed by atoms with Gasteiger partial charge in [0.05, 0.1) is 6.54 Å². The largest absolute Gasteiger partial charge is 0.384 e. The van der Waals surface area contributed by atoms with Crippen LogP contribution in [0.4, 0.5) is 5.82 Å². The zero-order valence-corrected chi connectivity index (χ0v) is 18.2. The summed E-state index contributed by atoms with van der Waals surface area (Å²) in [6, 6.07) is 0. The number of piperidine rings is 1. The molecule has 166 valence electrons. The van der Waals surface area contributed by atoms with Gasteiger partial charge in [0.2, 0.25) is 5.91 Å². The Bertz CT molecular complexity index is 919. The molecule has 3 rings (SSSR count). The highest BCUT2D eigenvalue weighted by Gasteiger charge is 2.31. The second-order valence-electron chi connectivity index (χ2n) is 8.92. The normalized spacial score (nSPS) is 18.3. The van der Waals surface area contributed by atoms with Crippen LogP contribution in [0, 0.1) is 11.8 Å². The molecule has 1 amide bonds. The lowest BCUT2D eigenvalue weighted by atomic mass is 9.95. The van der Waals surface area contributed by atoms with E-state index in [-0.39, 0.29) is 41.5 Å². The third kappa shape index (κ3) is 4.50. The number of amides is 1. The van der Waals surface area contributed by atoms with Crippen LogP contribution in [0.15, 0.2) is 9.59 Å². The molecule has 2 aliphatic heterocycles. The number of carbonyl (C=O) groups excluding carboxylic acids is 2. The maximum atomic E-state index is 13.0. The van der Waals surface area contributed by atoms with E-state index in [9.17, 15) is 19.2 Å². The molecular formula is C21H33N5O4. The Morgan fingerprint density at radius 3 is 2.23 bits per heavy atom. The Kier molecular flexibility index (Phi) is 6.80. The summed E-state index contributed by atoms with van der Waals surface area (Å²) in [6.07, 6.45) is 3.58. The zero-order chi connectivity index (χ0) is 22.0. The number of aromatic nitrogens is 2. The molecule has 1 aromatic rings. The second kappa shape index (κ2) is 9.16. The number of nitrogen functional groups attached to an aromatic ring is 1. The Morgan fingerprint density at radius 1 is 1.07 bits per heavy atom. The van der Waals surface area contributed by atoms with E-state index in [1.165, 1.54) is 11.6 Å². The maximum absolute atomic E-state index is 13.0. The highest BCUT2D eigenvalue weighted by atomic mass is 16.2. The predicted molar refractivity (Wildman–Crippen MR) is 115 cm³/mol. The van der Waals surface area contributed by atoms with Crippen molar-refractivity contribution in [1.82, 2.24) is 18.9 Å². The Balaban J connectivity index is 1.69. The quantitative estimate of drug-likeness (QED) is 0.664. The Labute approximate surface area is 176 Å². The minimum Gasteiger partial charge on any atom is -0.384 e. The highest BCUT2D eigenvalue weighted by Crippen LogP contribution is 2.22. The first-order valence-electron chi connectivity index (χ1n) is 10.8. The van der Waals surface area contributed by atoms with Gasteiger partial charge < -0.3 is 10.6 Å². The van der Waals surface area contributed by atoms with E-state index in [0.717, 1.165) is 30.5 Å². The predicted octanol–water partition coefficient (Wildman–Crippen LogP) is 0.302. The molecule has 1 aromatic heterocycles. The molecule has 0 bridgehead atoms. The summed E-state index contributed by atoms with van der Waals surface area (Å²) in [7, 11) is 1.37. The Morgan fingerprint density at radius 2 is 1.67 bits per heavy atom. The van der Waals surface area contributed by atoms with E-state index in [1.807, 2.05) is 23.6 Å². The van der Waals surface area contributed by atoms with Gasteiger partial charge in [-0.3, -0.25) is 28.4 Å². The summed E-state index contributed by atoms with van der Waals surface area (Å²) >= 11 is 0. The second-order valence-corrected chi connectivity index (χ2v) is 8.92. The number of anilines is 1. The van der Waals surface area contributed by atoms with Crippen molar-refractivity contribution in [3.63, 3.8) is 0 Å². The van der Waals surface area contributed by atoms with Crippen LogP contribution in [-0.2, 0) is 18.4 Å². The number of nitrogens with two attached hydrogens (primary N) is 1. The lowest BCUT2D eigenvalue weighted by Crippen LogP contribution is -2.46. The van der Waals surface area contributed by atoms with Crippen molar-refractivity contribution in [3.05, 3.63) is 26.4 Å². The van der Waals surface area contributed by atoms with Crippen molar-refractivity contribution in [1.29, 1.82) is 0 Å². The van der Waals surface area contributed by atoms with Crippen molar-refractivity contribution in [2.24, 2.45) is 18.9 Å². The summed E-state index contributed by atoms with van der Waals surface area (Å²) in [5.74, 6) is -0.0499. The van der Waals surface area contributed by atoms with Crippen LogP contribution < -0.4 is 17.0 Å². The third-order valence-electron chi connectivity index (χ3n) is 6.13. The van der Waals surface area contributed by atoms with Crippen LogP contribution in [0.25, 0.3) is 0 Å². The van der Waals surface area contributed by atoms with Crippen LogP contribution in [0.1, 0.15) is 49.9 Å². The molecule has 0 spiro atoms. The van der Waals surface area contributed by atoms with E-state index in [4.69, 9.17) is 5.73 Å². The number of nitrogens with zero attached hydrogens (tertiary/aromatic N) is 4. The minimum atomic E-state index is -0.651. The number of rotatable bonds is 6. The van der Waals surface area contributed by atoms with Crippen molar-refractivity contribution in [3.8, 4) is 0 Å². The van der Waals surface area contributed by atoms with Crippen LogP contribution in [0.3, 0.4) is 0 Å². The van der Waals surface area contributed by atoms with Crippen molar-refractivity contribution >= 4 is 17.5 Å². The molecule has 0 atom stereocenters. The lowest BCUT2D eigenvalue weighted by molar-refractivity contribution is -0.135. The minimum absolute atomic E-state index is 0.0142. The SMILES string of the molecule is CC(C)Cn1c(N)c(C(=O)CN2CCC(C(=O)N3CCCC3)CC2)c(=O)n(C)c1=O. The molecule has 2 saturated heterocycles. The van der Waals surface area contributed by atoms with Gasteiger partial charge >= 0.3 is 5.69 Å². The summed E-state index contributed by atoms with van der Waals surface area (Å²) in [5.41, 5.74) is 4.82.